The summed E-state index contributed by atoms with van der Waals surface area (Å²) >= 11 is 0. The number of benzene rings is 1. The first-order valence-electron chi connectivity index (χ1n) is 4.75. The average molecular weight is 197 g/mol. The third-order valence-corrected chi connectivity index (χ3v) is 2.81. The molecule has 0 heterocycles. The maximum Gasteiger partial charge on any atom is 0.123 e. The number of halogens is 1. The zero-order chi connectivity index (χ0) is 10.6. The maximum atomic E-state index is 13.0. The fourth-order valence-electron chi connectivity index (χ4n) is 1.55. The maximum absolute atomic E-state index is 13.0. The minimum atomic E-state index is -0.498. The highest BCUT2D eigenvalue weighted by Gasteiger charge is 2.28. The van der Waals surface area contributed by atoms with Gasteiger partial charge in [-0.05, 0) is 24.1 Å². The third kappa shape index (κ3) is 1.94. The molecule has 3 heteroatoms. The lowest BCUT2D eigenvalue weighted by atomic mass is 9.79. The van der Waals surface area contributed by atoms with Gasteiger partial charge in [0.05, 0.1) is 6.61 Å². The second-order valence-electron chi connectivity index (χ2n) is 3.51. The Morgan fingerprint density at radius 2 is 2.21 bits per heavy atom. The Hall–Kier alpha value is -0.930. The Morgan fingerprint density at radius 1 is 1.50 bits per heavy atom. The van der Waals surface area contributed by atoms with Gasteiger partial charge in [0.2, 0.25) is 0 Å². The van der Waals surface area contributed by atoms with E-state index in [9.17, 15) is 9.50 Å². The zero-order valence-corrected chi connectivity index (χ0v) is 8.33. The Balaban J connectivity index is 3.10. The fourth-order valence-corrected chi connectivity index (χ4v) is 1.55. The van der Waals surface area contributed by atoms with Crippen LogP contribution in [0.2, 0.25) is 0 Å². The van der Waals surface area contributed by atoms with Crippen LogP contribution in [-0.2, 0) is 5.41 Å². The first-order valence-corrected chi connectivity index (χ1v) is 4.75. The van der Waals surface area contributed by atoms with Gasteiger partial charge in [-0.25, -0.2) is 4.39 Å². The molecule has 0 bridgehead atoms. The molecule has 2 nitrogen and oxygen atoms in total. The molecular formula is C11H16FNO. The van der Waals surface area contributed by atoms with E-state index in [2.05, 4.69) is 0 Å². The van der Waals surface area contributed by atoms with Gasteiger partial charge in [0, 0.05) is 12.0 Å². The van der Waals surface area contributed by atoms with Crippen LogP contribution in [0.3, 0.4) is 0 Å². The van der Waals surface area contributed by atoms with Gasteiger partial charge >= 0.3 is 0 Å². The lowest BCUT2D eigenvalue weighted by Crippen LogP contribution is -2.38. The first kappa shape index (κ1) is 11.1. The van der Waals surface area contributed by atoms with Crippen molar-refractivity contribution in [3.05, 3.63) is 35.6 Å². The van der Waals surface area contributed by atoms with Crippen LogP contribution >= 0.6 is 0 Å². The second-order valence-corrected chi connectivity index (χ2v) is 3.51. The minimum absolute atomic E-state index is 0.0521. The molecule has 0 amide bonds. The normalized spacial score (nSPS) is 15.1. The Labute approximate surface area is 83.6 Å². The summed E-state index contributed by atoms with van der Waals surface area (Å²) in [4.78, 5) is 0. The Bertz CT molecular complexity index is 289. The molecule has 1 aromatic rings. The number of rotatable bonds is 4. The van der Waals surface area contributed by atoms with Crippen LogP contribution < -0.4 is 5.73 Å². The largest absolute Gasteiger partial charge is 0.395 e. The van der Waals surface area contributed by atoms with Crippen molar-refractivity contribution in [2.75, 3.05) is 13.2 Å². The monoisotopic (exact) mass is 197 g/mol. The number of aliphatic hydroxyl groups is 1. The average Bonchev–Trinajstić information content (AvgIpc) is 2.22. The van der Waals surface area contributed by atoms with Gasteiger partial charge < -0.3 is 10.8 Å². The van der Waals surface area contributed by atoms with Crippen LogP contribution in [0.15, 0.2) is 24.3 Å². The summed E-state index contributed by atoms with van der Waals surface area (Å²) in [6.45, 7) is 2.21. The predicted octanol–water partition coefficient (Wildman–Crippen LogP) is 1.42. The van der Waals surface area contributed by atoms with E-state index in [4.69, 9.17) is 5.73 Å². The summed E-state index contributed by atoms with van der Waals surface area (Å²) in [6.07, 6.45) is 0.698. The van der Waals surface area contributed by atoms with Crippen molar-refractivity contribution in [2.24, 2.45) is 5.73 Å². The third-order valence-electron chi connectivity index (χ3n) is 2.81. The van der Waals surface area contributed by atoms with Crippen LogP contribution in [0.4, 0.5) is 4.39 Å². The molecule has 0 aromatic heterocycles. The van der Waals surface area contributed by atoms with Crippen molar-refractivity contribution in [3.63, 3.8) is 0 Å². The lowest BCUT2D eigenvalue weighted by Gasteiger charge is -2.29. The Kier molecular flexibility index (Phi) is 3.61. The highest BCUT2D eigenvalue weighted by molar-refractivity contribution is 5.26. The molecule has 0 fully saturated rings. The minimum Gasteiger partial charge on any atom is -0.395 e. The summed E-state index contributed by atoms with van der Waals surface area (Å²) in [7, 11) is 0. The van der Waals surface area contributed by atoms with Crippen molar-refractivity contribution in [1.82, 2.24) is 0 Å². The first-order chi connectivity index (χ1) is 6.68. The Morgan fingerprint density at radius 3 is 2.64 bits per heavy atom. The molecule has 0 saturated heterocycles. The molecule has 1 rings (SSSR count). The number of nitrogens with two attached hydrogens (primary N) is 1. The summed E-state index contributed by atoms with van der Waals surface area (Å²) < 4.78 is 13.0. The molecule has 3 N–H and O–H groups in total. The predicted molar refractivity (Wildman–Crippen MR) is 54.5 cm³/mol. The highest BCUT2D eigenvalue weighted by atomic mass is 19.1. The van der Waals surface area contributed by atoms with E-state index in [1.165, 1.54) is 12.1 Å². The number of hydrogen-bond acceptors (Lipinski definition) is 2. The molecular weight excluding hydrogens is 181 g/mol. The van der Waals surface area contributed by atoms with Crippen molar-refractivity contribution < 1.29 is 9.50 Å². The smallest absolute Gasteiger partial charge is 0.123 e. The van der Waals surface area contributed by atoms with E-state index in [1.807, 2.05) is 6.92 Å². The molecule has 78 valence electrons. The van der Waals surface area contributed by atoms with Gasteiger partial charge in [0.15, 0.2) is 0 Å². The SMILES string of the molecule is CCC(CN)(CO)c1cccc(F)c1. The van der Waals surface area contributed by atoms with Crippen LogP contribution in [0.5, 0.6) is 0 Å². The van der Waals surface area contributed by atoms with E-state index >= 15 is 0 Å². The topological polar surface area (TPSA) is 46.2 Å². The molecule has 0 aliphatic rings. The molecule has 0 saturated carbocycles. The van der Waals surface area contributed by atoms with Gasteiger partial charge in [-0.2, -0.15) is 0 Å². The fraction of sp³-hybridized carbons (Fsp3) is 0.455. The van der Waals surface area contributed by atoms with Gasteiger partial charge in [-0.15, -0.1) is 0 Å². The van der Waals surface area contributed by atoms with Crippen LogP contribution in [0, 0.1) is 5.82 Å². The quantitative estimate of drug-likeness (QED) is 0.767. The lowest BCUT2D eigenvalue weighted by molar-refractivity contribution is 0.192. The molecule has 0 aliphatic heterocycles. The molecule has 0 radical (unpaired) electrons. The number of hydrogen-bond donors (Lipinski definition) is 2. The van der Waals surface area contributed by atoms with E-state index in [1.54, 1.807) is 12.1 Å². The van der Waals surface area contributed by atoms with Crippen LogP contribution in [0.1, 0.15) is 18.9 Å². The summed E-state index contributed by atoms with van der Waals surface area (Å²) in [6, 6.07) is 6.26. The molecule has 14 heavy (non-hydrogen) atoms. The number of aliphatic hydroxyl groups excluding tert-OH is 1. The molecule has 0 spiro atoms. The van der Waals surface area contributed by atoms with Crippen molar-refractivity contribution in [1.29, 1.82) is 0 Å². The van der Waals surface area contributed by atoms with Gasteiger partial charge in [-0.3, -0.25) is 0 Å². The van der Waals surface area contributed by atoms with E-state index in [0.717, 1.165) is 5.56 Å². The van der Waals surface area contributed by atoms with E-state index < -0.39 is 5.41 Å². The van der Waals surface area contributed by atoms with Gasteiger partial charge in [-0.1, -0.05) is 19.1 Å². The molecule has 0 aliphatic carbocycles. The van der Waals surface area contributed by atoms with Crippen molar-refractivity contribution >= 4 is 0 Å². The summed E-state index contributed by atoms with van der Waals surface area (Å²) in [5.41, 5.74) is 5.90. The molecule has 1 atom stereocenters. The van der Waals surface area contributed by atoms with Gasteiger partial charge in [0.1, 0.15) is 5.82 Å². The highest BCUT2D eigenvalue weighted by Crippen LogP contribution is 2.26. The molecule has 1 aromatic carbocycles. The molecule has 1 unspecified atom stereocenters. The summed E-state index contributed by atoms with van der Waals surface area (Å²) in [5.74, 6) is -0.290. The van der Waals surface area contributed by atoms with Crippen LogP contribution in [-0.4, -0.2) is 18.3 Å². The zero-order valence-electron chi connectivity index (χ0n) is 8.33. The van der Waals surface area contributed by atoms with Crippen molar-refractivity contribution in [2.45, 2.75) is 18.8 Å². The standard InChI is InChI=1S/C11H16FNO/c1-2-11(7-13,8-14)9-4-3-5-10(12)6-9/h3-6,14H,2,7-8,13H2,1H3. The second kappa shape index (κ2) is 4.53. The van der Waals surface area contributed by atoms with E-state index in [-0.39, 0.29) is 12.4 Å². The van der Waals surface area contributed by atoms with E-state index in [0.29, 0.717) is 13.0 Å². The van der Waals surface area contributed by atoms with Gasteiger partial charge in [0.25, 0.3) is 0 Å². The van der Waals surface area contributed by atoms with Crippen LogP contribution in [0.25, 0.3) is 0 Å². The van der Waals surface area contributed by atoms with Crippen molar-refractivity contribution in [3.8, 4) is 0 Å². The summed E-state index contributed by atoms with van der Waals surface area (Å²) in [5, 5.41) is 9.32.